The Morgan fingerprint density at radius 2 is 2.17 bits per heavy atom. The van der Waals surface area contributed by atoms with Crippen molar-refractivity contribution in [1.29, 1.82) is 0 Å². The molecule has 8 heteroatoms. The minimum atomic E-state index is -0.192. The van der Waals surface area contributed by atoms with Gasteiger partial charge in [-0.15, -0.1) is 0 Å². The Bertz CT molecular complexity index is 482. The van der Waals surface area contributed by atoms with Crippen LogP contribution in [-0.2, 0) is 14.3 Å². The maximum Gasteiger partial charge on any atom is 0.246 e. The first-order valence-corrected chi connectivity index (χ1v) is 8.05. The molecule has 0 saturated carbocycles. The van der Waals surface area contributed by atoms with Crippen LogP contribution in [0.5, 0.6) is 0 Å². The van der Waals surface area contributed by atoms with Gasteiger partial charge in [-0.2, -0.15) is 0 Å². The molecular weight excluding hydrogens is 310 g/mol. The fraction of sp³-hybridized carbons (Fsp3) is 0.562. The fourth-order valence-electron chi connectivity index (χ4n) is 1.76. The van der Waals surface area contributed by atoms with Crippen molar-refractivity contribution in [3.63, 3.8) is 0 Å². The molecule has 0 fully saturated rings. The molecule has 0 spiro atoms. The molecule has 0 unspecified atom stereocenters. The van der Waals surface area contributed by atoms with E-state index < -0.39 is 0 Å². The van der Waals surface area contributed by atoms with Crippen LogP contribution in [0.2, 0.25) is 0 Å². The van der Waals surface area contributed by atoms with E-state index in [0.717, 1.165) is 13.0 Å². The first-order valence-electron chi connectivity index (χ1n) is 8.05. The largest absolute Gasteiger partial charge is 0.382 e. The van der Waals surface area contributed by atoms with E-state index in [4.69, 9.17) is 9.47 Å². The number of methoxy groups -OCH3 is 1. The molecule has 1 rings (SSSR count). The number of guanidine groups is 1. The second-order valence-corrected chi connectivity index (χ2v) is 4.87. The summed E-state index contributed by atoms with van der Waals surface area (Å²) in [5.74, 6) is 0.416. The van der Waals surface area contributed by atoms with Gasteiger partial charge in [0.25, 0.3) is 0 Å². The average Bonchev–Trinajstić information content (AvgIpc) is 2.59. The van der Waals surface area contributed by atoms with Gasteiger partial charge >= 0.3 is 0 Å². The molecule has 0 atom stereocenters. The summed E-state index contributed by atoms with van der Waals surface area (Å²) in [5.41, 5.74) is 0.656. The summed E-state index contributed by atoms with van der Waals surface area (Å²) in [7, 11) is 1.65. The van der Waals surface area contributed by atoms with Crippen molar-refractivity contribution in [3.8, 4) is 0 Å². The monoisotopic (exact) mass is 337 g/mol. The van der Waals surface area contributed by atoms with Crippen LogP contribution in [0.1, 0.15) is 13.3 Å². The third-order valence-electron chi connectivity index (χ3n) is 2.86. The van der Waals surface area contributed by atoms with Gasteiger partial charge < -0.3 is 25.4 Å². The highest BCUT2D eigenvalue weighted by atomic mass is 16.5. The van der Waals surface area contributed by atoms with Gasteiger partial charge in [-0.25, -0.2) is 4.99 Å². The van der Waals surface area contributed by atoms with Crippen molar-refractivity contribution >= 4 is 17.6 Å². The second kappa shape index (κ2) is 13.3. The lowest BCUT2D eigenvalue weighted by Gasteiger charge is -2.11. The van der Waals surface area contributed by atoms with E-state index in [-0.39, 0.29) is 12.5 Å². The minimum absolute atomic E-state index is 0.0363. The normalized spacial score (nSPS) is 11.2. The molecule has 24 heavy (non-hydrogen) atoms. The molecule has 0 radical (unpaired) electrons. The summed E-state index contributed by atoms with van der Waals surface area (Å²) in [5, 5.41) is 9.00. The van der Waals surface area contributed by atoms with Gasteiger partial charge in [0.15, 0.2) is 5.96 Å². The van der Waals surface area contributed by atoms with Crippen LogP contribution < -0.4 is 16.0 Å². The average molecular weight is 337 g/mol. The van der Waals surface area contributed by atoms with Gasteiger partial charge in [-0.3, -0.25) is 9.78 Å². The number of carbonyl (C=O) groups excluding carboxylic acids is 1. The smallest absolute Gasteiger partial charge is 0.246 e. The van der Waals surface area contributed by atoms with Crippen molar-refractivity contribution in [2.75, 3.05) is 51.9 Å². The molecule has 1 heterocycles. The molecule has 1 aromatic heterocycles. The van der Waals surface area contributed by atoms with E-state index in [0.29, 0.717) is 38.0 Å². The molecule has 3 N–H and O–H groups in total. The van der Waals surface area contributed by atoms with E-state index in [9.17, 15) is 4.79 Å². The highest BCUT2D eigenvalue weighted by Gasteiger charge is 2.03. The van der Waals surface area contributed by atoms with Crippen molar-refractivity contribution in [1.82, 2.24) is 15.6 Å². The van der Waals surface area contributed by atoms with Crippen LogP contribution in [0.4, 0.5) is 5.69 Å². The van der Waals surface area contributed by atoms with Crippen LogP contribution in [-0.4, -0.2) is 63.4 Å². The predicted octanol–water partition coefficient (Wildman–Crippen LogP) is 0.628. The quantitative estimate of drug-likeness (QED) is 0.311. The predicted molar refractivity (Wildman–Crippen MR) is 94.2 cm³/mol. The summed E-state index contributed by atoms with van der Waals surface area (Å²) in [6, 6.07) is 3.54. The van der Waals surface area contributed by atoms with Crippen LogP contribution in [0.25, 0.3) is 0 Å². The van der Waals surface area contributed by atoms with E-state index in [1.807, 2.05) is 6.92 Å². The Morgan fingerprint density at radius 3 is 2.88 bits per heavy atom. The summed E-state index contributed by atoms with van der Waals surface area (Å²) in [4.78, 5) is 20.1. The summed E-state index contributed by atoms with van der Waals surface area (Å²) < 4.78 is 10.3. The Balaban J connectivity index is 2.27. The van der Waals surface area contributed by atoms with Crippen LogP contribution in [0.3, 0.4) is 0 Å². The molecule has 0 bridgehead atoms. The Labute approximate surface area is 143 Å². The number of carbonyl (C=O) groups is 1. The van der Waals surface area contributed by atoms with Gasteiger partial charge in [0.05, 0.1) is 25.1 Å². The molecule has 0 aliphatic carbocycles. The van der Waals surface area contributed by atoms with Gasteiger partial charge in [0, 0.05) is 33.0 Å². The van der Waals surface area contributed by atoms with Gasteiger partial charge in [0.1, 0.15) is 6.54 Å². The van der Waals surface area contributed by atoms with E-state index in [2.05, 4.69) is 25.9 Å². The fourth-order valence-corrected chi connectivity index (χ4v) is 1.76. The first-order chi connectivity index (χ1) is 11.8. The maximum atomic E-state index is 11.9. The molecule has 0 saturated heterocycles. The highest BCUT2D eigenvalue weighted by molar-refractivity contribution is 5.93. The van der Waals surface area contributed by atoms with Crippen LogP contribution >= 0.6 is 0 Å². The molecule has 0 aliphatic heterocycles. The van der Waals surface area contributed by atoms with Gasteiger partial charge in [-0.1, -0.05) is 0 Å². The van der Waals surface area contributed by atoms with Crippen molar-refractivity contribution in [2.24, 2.45) is 4.99 Å². The van der Waals surface area contributed by atoms with E-state index >= 15 is 0 Å². The number of nitrogens with zero attached hydrogens (tertiary/aromatic N) is 2. The Hall–Kier alpha value is -2.19. The third kappa shape index (κ3) is 9.75. The molecule has 134 valence electrons. The SMILES string of the molecule is CCNC(=NCC(=O)Nc1cccnc1)NCCCOCCOC. The van der Waals surface area contributed by atoms with E-state index in [1.54, 1.807) is 31.6 Å². The zero-order valence-corrected chi connectivity index (χ0v) is 14.4. The number of hydrogen-bond donors (Lipinski definition) is 3. The topological polar surface area (TPSA) is 96.9 Å². The lowest BCUT2D eigenvalue weighted by Crippen LogP contribution is -2.38. The summed E-state index contributed by atoms with van der Waals surface area (Å²) in [6.07, 6.45) is 4.09. The molecular formula is C16H27N5O3. The molecule has 0 aromatic carbocycles. The number of aromatic nitrogens is 1. The summed E-state index contributed by atoms with van der Waals surface area (Å²) >= 11 is 0. The Kier molecular flexibility index (Phi) is 11.0. The molecule has 1 aromatic rings. The highest BCUT2D eigenvalue weighted by Crippen LogP contribution is 2.01. The number of hydrogen-bond acceptors (Lipinski definition) is 5. The zero-order chi connectivity index (χ0) is 17.5. The number of rotatable bonds is 11. The maximum absolute atomic E-state index is 11.9. The number of nitrogens with one attached hydrogen (secondary N) is 3. The summed E-state index contributed by atoms with van der Waals surface area (Å²) in [6.45, 7) is 5.29. The van der Waals surface area contributed by atoms with Gasteiger partial charge in [0.2, 0.25) is 5.91 Å². The van der Waals surface area contributed by atoms with Crippen molar-refractivity contribution in [3.05, 3.63) is 24.5 Å². The van der Waals surface area contributed by atoms with Crippen molar-refractivity contribution in [2.45, 2.75) is 13.3 Å². The van der Waals surface area contributed by atoms with Crippen molar-refractivity contribution < 1.29 is 14.3 Å². The minimum Gasteiger partial charge on any atom is -0.382 e. The lowest BCUT2D eigenvalue weighted by molar-refractivity contribution is -0.114. The second-order valence-electron chi connectivity index (χ2n) is 4.87. The van der Waals surface area contributed by atoms with Gasteiger partial charge in [-0.05, 0) is 25.5 Å². The third-order valence-corrected chi connectivity index (χ3v) is 2.86. The number of anilines is 1. The lowest BCUT2D eigenvalue weighted by atomic mass is 10.4. The molecule has 0 aliphatic rings. The molecule has 1 amide bonds. The molecule has 8 nitrogen and oxygen atoms in total. The standard InChI is InChI=1S/C16H27N5O3/c1-3-18-16(19-8-5-9-24-11-10-23-2)20-13-15(22)21-14-6-4-7-17-12-14/h4,6-7,12H,3,5,8-11,13H2,1-2H3,(H,21,22)(H2,18,19,20). The Morgan fingerprint density at radius 1 is 1.29 bits per heavy atom. The number of aliphatic imine (C=N–C) groups is 1. The number of amides is 1. The number of pyridine rings is 1. The van der Waals surface area contributed by atoms with Crippen LogP contribution in [0.15, 0.2) is 29.5 Å². The number of ether oxygens (including phenoxy) is 2. The van der Waals surface area contributed by atoms with Crippen LogP contribution in [0, 0.1) is 0 Å². The zero-order valence-electron chi connectivity index (χ0n) is 14.4. The van der Waals surface area contributed by atoms with E-state index in [1.165, 1.54) is 0 Å². The first kappa shape index (κ1) is 19.9.